The molecule has 0 aliphatic carbocycles. The minimum atomic E-state index is -3.38. The number of halogens is 1. The van der Waals surface area contributed by atoms with Crippen molar-refractivity contribution in [1.29, 1.82) is 0 Å². The molecule has 0 saturated carbocycles. The van der Waals surface area contributed by atoms with Crippen LogP contribution in [0.2, 0.25) is 0 Å². The van der Waals surface area contributed by atoms with Crippen LogP contribution in [0.15, 0.2) is 35.2 Å². The largest absolute Gasteiger partial charge is 0.243 e. The van der Waals surface area contributed by atoms with Crippen LogP contribution in [-0.2, 0) is 10.0 Å². The van der Waals surface area contributed by atoms with E-state index in [0.717, 1.165) is 12.8 Å². The third kappa shape index (κ3) is 3.56. The second-order valence-corrected chi connectivity index (χ2v) is 6.77. The van der Waals surface area contributed by atoms with Gasteiger partial charge in [0.1, 0.15) is 0 Å². The number of hydrogen-bond donors (Lipinski definition) is 0. The van der Waals surface area contributed by atoms with Crippen LogP contribution in [0.5, 0.6) is 0 Å². The van der Waals surface area contributed by atoms with Crippen molar-refractivity contribution in [2.75, 3.05) is 11.9 Å². The summed E-state index contributed by atoms with van der Waals surface area (Å²) in [4.78, 5) is 0.373. The van der Waals surface area contributed by atoms with Crippen LogP contribution < -0.4 is 0 Å². The molecule has 0 N–H and O–H groups in total. The topological polar surface area (TPSA) is 37.4 Å². The maximum atomic E-state index is 12.6. The van der Waals surface area contributed by atoms with E-state index in [1.165, 1.54) is 0 Å². The Bertz CT molecular complexity index is 443. The molecule has 0 aromatic heterocycles. The van der Waals surface area contributed by atoms with E-state index in [1.807, 2.05) is 19.9 Å². The molecule has 0 aliphatic heterocycles. The lowest BCUT2D eigenvalue weighted by Gasteiger charge is -2.29. The van der Waals surface area contributed by atoms with Gasteiger partial charge in [0, 0.05) is 17.9 Å². The molecule has 0 amide bonds. The van der Waals surface area contributed by atoms with Crippen molar-refractivity contribution >= 4 is 26.0 Å². The van der Waals surface area contributed by atoms with Crippen molar-refractivity contribution in [3.8, 4) is 0 Å². The fourth-order valence-corrected chi connectivity index (χ4v) is 4.42. The number of hydrogen-bond acceptors (Lipinski definition) is 2. The van der Waals surface area contributed by atoms with Crippen LogP contribution in [0.1, 0.15) is 26.7 Å². The smallest absolute Gasteiger partial charge is 0.207 e. The highest BCUT2D eigenvalue weighted by Gasteiger charge is 2.28. The van der Waals surface area contributed by atoms with Crippen LogP contribution >= 0.6 is 15.9 Å². The summed E-state index contributed by atoms with van der Waals surface area (Å²) in [6.07, 6.45) is 1.66. The van der Waals surface area contributed by atoms with Crippen molar-refractivity contribution in [1.82, 2.24) is 4.31 Å². The van der Waals surface area contributed by atoms with Crippen molar-refractivity contribution in [2.45, 2.75) is 37.6 Å². The number of sulfonamides is 1. The fraction of sp³-hybridized carbons (Fsp3) is 0.538. The monoisotopic (exact) mass is 333 g/mol. The summed E-state index contributed by atoms with van der Waals surface area (Å²) in [6.45, 7) is 4.55. The molecule has 0 saturated heterocycles. The Kier molecular flexibility index (Phi) is 6.32. The summed E-state index contributed by atoms with van der Waals surface area (Å²) in [5.74, 6) is 0. The van der Waals surface area contributed by atoms with Gasteiger partial charge in [-0.1, -0.05) is 48.0 Å². The molecular weight excluding hydrogens is 314 g/mol. The van der Waals surface area contributed by atoms with Crippen LogP contribution in [0, 0.1) is 0 Å². The van der Waals surface area contributed by atoms with Crippen LogP contribution in [0.25, 0.3) is 0 Å². The highest BCUT2D eigenvalue weighted by molar-refractivity contribution is 9.09. The third-order valence-corrected chi connectivity index (χ3v) is 5.33. The average molecular weight is 334 g/mol. The van der Waals surface area contributed by atoms with Gasteiger partial charge in [-0.3, -0.25) is 0 Å². The van der Waals surface area contributed by atoms with Gasteiger partial charge >= 0.3 is 0 Å². The van der Waals surface area contributed by atoms with E-state index in [0.29, 0.717) is 16.8 Å². The summed E-state index contributed by atoms with van der Waals surface area (Å²) in [7, 11) is -3.38. The van der Waals surface area contributed by atoms with Crippen molar-refractivity contribution in [3.05, 3.63) is 30.3 Å². The summed E-state index contributed by atoms with van der Waals surface area (Å²) >= 11 is 3.34. The Morgan fingerprint density at radius 1 is 1.17 bits per heavy atom. The van der Waals surface area contributed by atoms with E-state index in [-0.39, 0.29) is 6.04 Å². The molecule has 1 aromatic rings. The minimum Gasteiger partial charge on any atom is -0.207 e. The molecule has 0 spiro atoms. The van der Waals surface area contributed by atoms with E-state index in [1.54, 1.807) is 28.6 Å². The van der Waals surface area contributed by atoms with Gasteiger partial charge in [0.05, 0.1) is 4.90 Å². The Morgan fingerprint density at radius 2 is 1.72 bits per heavy atom. The molecule has 3 nitrogen and oxygen atoms in total. The second kappa shape index (κ2) is 7.26. The molecule has 0 unspecified atom stereocenters. The van der Waals surface area contributed by atoms with Crippen molar-refractivity contribution in [2.24, 2.45) is 0 Å². The van der Waals surface area contributed by atoms with Gasteiger partial charge in [-0.15, -0.1) is 0 Å². The second-order valence-electron chi connectivity index (χ2n) is 4.09. The number of alkyl halides is 1. The lowest BCUT2D eigenvalue weighted by Crippen LogP contribution is -2.40. The van der Waals surface area contributed by atoms with Gasteiger partial charge in [0.2, 0.25) is 10.0 Å². The zero-order valence-electron chi connectivity index (χ0n) is 10.8. The number of nitrogens with zero attached hydrogens (tertiary/aromatic N) is 1. The van der Waals surface area contributed by atoms with Gasteiger partial charge in [0.15, 0.2) is 0 Å². The summed E-state index contributed by atoms with van der Waals surface area (Å²) in [6, 6.07) is 8.70. The van der Waals surface area contributed by atoms with Gasteiger partial charge < -0.3 is 0 Å². The molecular formula is C13H20BrNO2S. The van der Waals surface area contributed by atoms with Gasteiger partial charge in [-0.25, -0.2) is 8.42 Å². The van der Waals surface area contributed by atoms with E-state index >= 15 is 0 Å². The molecule has 0 atom stereocenters. The Labute approximate surface area is 118 Å². The minimum absolute atomic E-state index is 0.0627. The highest BCUT2D eigenvalue weighted by atomic mass is 79.9. The Morgan fingerprint density at radius 3 is 2.17 bits per heavy atom. The summed E-state index contributed by atoms with van der Waals surface area (Å²) in [5.41, 5.74) is 0. The molecule has 0 fully saturated rings. The molecule has 1 rings (SSSR count). The Balaban J connectivity index is 3.12. The van der Waals surface area contributed by atoms with Gasteiger partial charge in [-0.05, 0) is 25.0 Å². The van der Waals surface area contributed by atoms with E-state index in [2.05, 4.69) is 15.9 Å². The molecule has 18 heavy (non-hydrogen) atoms. The number of benzene rings is 1. The van der Waals surface area contributed by atoms with Gasteiger partial charge in [-0.2, -0.15) is 4.31 Å². The summed E-state index contributed by atoms with van der Waals surface area (Å²) in [5, 5.41) is 0.648. The lowest BCUT2D eigenvalue weighted by atomic mass is 10.2. The van der Waals surface area contributed by atoms with Crippen LogP contribution in [0.4, 0.5) is 0 Å². The van der Waals surface area contributed by atoms with Crippen LogP contribution in [0.3, 0.4) is 0 Å². The number of rotatable bonds is 7. The van der Waals surface area contributed by atoms with Gasteiger partial charge in [0.25, 0.3) is 0 Å². The zero-order chi connectivity index (χ0) is 13.6. The molecule has 1 aromatic carbocycles. The fourth-order valence-electron chi connectivity index (χ4n) is 2.01. The first-order valence-corrected chi connectivity index (χ1v) is 8.76. The molecule has 0 aliphatic rings. The van der Waals surface area contributed by atoms with Crippen molar-refractivity contribution < 1.29 is 8.42 Å². The molecule has 5 heteroatoms. The first-order valence-electron chi connectivity index (χ1n) is 6.20. The maximum Gasteiger partial charge on any atom is 0.243 e. The standard InChI is InChI=1S/C13H20BrNO2S/c1-3-12(4-2)15(11-10-14)18(16,17)13-8-6-5-7-9-13/h5-9,12H,3-4,10-11H2,1-2H3. The SMILES string of the molecule is CCC(CC)N(CCBr)S(=O)(=O)c1ccccc1. The van der Waals surface area contributed by atoms with Crippen LogP contribution in [-0.4, -0.2) is 30.6 Å². The average Bonchev–Trinajstić information content (AvgIpc) is 2.40. The Hall–Kier alpha value is -0.390. The van der Waals surface area contributed by atoms with E-state index in [9.17, 15) is 8.42 Å². The molecule has 0 heterocycles. The molecule has 102 valence electrons. The quantitative estimate of drug-likeness (QED) is 0.718. The highest BCUT2D eigenvalue weighted by Crippen LogP contribution is 2.21. The van der Waals surface area contributed by atoms with E-state index in [4.69, 9.17) is 0 Å². The predicted molar refractivity (Wildman–Crippen MR) is 78.5 cm³/mol. The molecule has 0 bridgehead atoms. The first kappa shape index (κ1) is 15.7. The lowest BCUT2D eigenvalue weighted by molar-refractivity contribution is 0.317. The van der Waals surface area contributed by atoms with E-state index < -0.39 is 10.0 Å². The van der Waals surface area contributed by atoms with Crippen molar-refractivity contribution in [3.63, 3.8) is 0 Å². The third-order valence-electron chi connectivity index (χ3n) is 3.00. The first-order chi connectivity index (χ1) is 8.57. The predicted octanol–water partition coefficient (Wildman–Crippen LogP) is 3.26. The maximum absolute atomic E-state index is 12.6. The summed E-state index contributed by atoms with van der Waals surface area (Å²) < 4.78 is 26.8. The zero-order valence-corrected chi connectivity index (χ0v) is 13.2. The normalized spacial score (nSPS) is 12.3. The molecule has 0 radical (unpaired) electrons.